The van der Waals surface area contributed by atoms with Crippen LogP contribution < -0.4 is 15.7 Å². The number of carbonyl (C=O) groups excluding carboxylic acids is 1. The zero-order valence-corrected chi connectivity index (χ0v) is 16.7. The molecule has 7 nitrogen and oxygen atoms in total. The lowest BCUT2D eigenvalue weighted by Gasteiger charge is -2.12. The molecule has 0 bridgehead atoms. The van der Waals surface area contributed by atoms with Crippen LogP contribution in [-0.4, -0.2) is 26.6 Å². The molecule has 0 atom stereocenters. The number of aryl methyl sites for hydroxylation is 1. The largest absolute Gasteiger partial charge is 0.488 e. The number of halogens is 1. The van der Waals surface area contributed by atoms with E-state index in [9.17, 15) is 14.0 Å². The molecule has 0 aliphatic heterocycles. The van der Waals surface area contributed by atoms with E-state index in [1.54, 1.807) is 54.7 Å². The summed E-state index contributed by atoms with van der Waals surface area (Å²) in [6, 6.07) is 18.3. The molecular formula is C23H21FN4O3. The van der Waals surface area contributed by atoms with Gasteiger partial charge >= 0.3 is 5.69 Å². The molecule has 4 rings (SSSR count). The third-order valence-corrected chi connectivity index (χ3v) is 4.76. The summed E-state index contributed by atoms with van der Waals surface area (Å²) in [6.07, 6.45) is 2.22. The van der Waals surface area contributed by atoms with Crippen molar-refractivity contribution >= 4 is 11.6 Å². The second-order valence-corrected chi connectivity index (χ2v) is 6.96. The molecule has 0 radical (unpaired) electrons. The van der Waals surface area contributed by atoms with E-state index in [1.165, 1.54) is 21.2 Å². The van der Waals surface area contributed by atoms with E-state index in [0.29, 0.717) is 36.5 Å². The number of aromatic nitrogens is 3. The van der Waals surface area contributed by atoms with Crippen LogP contribution in [0.5, 0.6) is 5.75 Å². The number of carbonyl (C=O) groups is 1. The lowest BCUT2D eigenvalue weighted by Crippen LogP contribution is -2.27. The van der Waals surface area contributed by atoms with Gasteiger partial charge in [0.2, 0.25) is 0 Å². The maximum atomic E-state index is 13.0. The molecule has 2 aromatic carbocycles. The van der Waals surface area contributed by atoms with Gasteiger partial charge in [0.05, 0.1) is 5.56 Å². The van der Waals surface area contributed by atoms with Crippen LogP contribution in [0.1, 0.15) is 22.3 Å². The topological polar surface area (TPSA) is 77.6 Å². The maximum absolute atomic E-state index is 13.0. The van der Waals surface area contributed by atoms with Gasteiger partial charge in [-0.25, -0.2) is 13.9 Å². The van der Waals surface area contributed by atoms with Gasteiger partial charge in [-0.3, -0.25) is 9.20 Å². The fourth-order valence-corrected chi connectivity index (χ4v) is 3.16. The van der Waals surface area contributed by atoms with Gasteiger partial charge in [-0.05, 0) is 48.4 Å². The number of pyridine rings is 1. The summed E-state index contributed by atoms with van der Waals surface area (Å²) in [6.45, 7) is 0.996. The van der Waals surface area contributed by atoms with Crippen LogP contribution in [0.2, 0.25) is 0 Å². The van der Waals surface area contributed by atoms with Crippen molar-refractivity contribution in [3.8, 4) is 5.75 Å². The first-order valence-corrected chi connectivity index (χ1v) is 9.90. The fourth-order valence-electron chi connectivity index (χ4n) is 3.16. The molecule has 1 N–H and O–H groups in total. The van der Waals surface area contributed by atoms with Crippen LogP contribution in [0.3, 0.4) is 0 Å². The number of benzene rings is 2. The van der Waals surface area contributed by atoms with Gasteiger partial charge in [-0.15, -0.1) is 5.10 Å². The van der Waals surface area contributed by atoms with Gasteiger partial charge in [0.1, 0.15) is 18.2 Å². The van der Waals surface area contributed by atoms with Crippen LogP contribution in [0, 0.1) is 5.82 Å². The lowest BCUT2D eigenvalue weighted by atomic mass is 10.2. The molecule has 0 fully saturated rings. The number of nitrogens with zero attached hydrogens (tertiary/aromatic N) is 3. The van der Waals surface area contributed by atoms with Crippen LogP contribution in [0.15, 0.2) is 77.7 Å². The Bertz CT molecular complexity index is 1250. The fraction of sp³-hybridized carbons (Fsp3) is 0.174. The molecule has 0 saturated heterocycles. The van der Waals surface area contributed by atoms with Gasteiger partial charge < -0.3 is 10.1 Å². The lowest BCUT2D eigenvalue weighted by molar-refractivity contribution is 0.0948. The Kier molecular flexibility index (Phi) is 6.07. The van der Waals surface area contributed by atoms with Crippen molar-refractivity contribution in [3.63, 3.8) is 0 Å². The molecule has 0 saturated carbocycles. The highest BCUT2D eigenvalue weighted by atomic mass is 19.1. The van der Waals surface area contributed by atoms with E-state index in [4.69, 9.17) is 4.74 Å². The maximum Gasteiger partial charge on any atom is 0.350 e. The second kappa shape index (κ2) is 9.25. The minimum atomic E-state index is -0.311. The number of nitrogens with one attached hydrogen (secondary N) is 1. The normalized spacial score (nSPS) is 10.9. The summed E-state index contributed by atoms with van der Waals surface area (Å²) in [5.41, 5.74) is 1.59. The number of fused-ring (bicyclic) bond motifs is 1. The van der Waals surface area contributed by atoms with Crippen molar-refractivity contribution in [3.05, 3.63) is 100 Å². The van der Waals surface area contributed by atoms with Crippen molar-refractivity contribution in [2.75, 3.05) is 6.54 Å². The number of amides is 1. The first-order chi connectivity index (χ1) is 15.1. The van der Waals surface area contributed by atoms with Crippen LogP contribution in [-0.2, 0) is 13.2 Å². The zero-order chi connectivity index (χ0) is 21.6. The van der Waals surface area contributed by atoms with Crippen LogP contribution in [0.4, 0.5) is 4.39 Å². The van der Waals surface area contributed by atoms with Crippen molar-refractivity contribution < 1.29 is 13.9 Å². The van der Waals surface area contributed by atoms with Crippen molar-refractivity contribution in [2.45, 2.75) is 19.6 Å². The highest BCUT2D eigenvalue weighted by Gasteiger charge is 2.12. The number of ether oxygens (including phenoxy) is 1. The van der Waals surface area contributed by atoms with Crippen molar-refractivity contribution in [1.29, 1.82) is 0 Å². The molecule has 1 amide bonds. The smallest absolute Gasteiger partial charge is 0.350 e. The van der Waals surface area contributed by atoms with Crippen molar-refractivity contribution in [1.82, 2.24) is 19.5 Å². The molecule has 0 aliphatic rings. The first kappa shape index (κ1) is 20.3. The molecule has 158 valence electrons. The predicted molar refractivity (Wildman–Crippen MR) is 114 cm³/mol. The van der Waals surface area contributed by atoms with E-state index in [1.807, 2.05) is 6.07 Å². The van der Waals surface area contributed by atoms with Gasteiger partial charge in [0.15, 0.2) is 5.65 Å². The molecule has 2 aromatic heterocycles. The Hall–Kier alpha value is -3.94. The van der Waals surface area contributed by atoms with Gasteiger partial charge in [0.25, 0.3) is 5.91 Å². The number of rotatable bonds is 8. The summed E-state index contributed by atoms with van der Waals surface area (Å²) in [5, 5.41) is 7.12. The second-order valence-electron chi connectivity index (χ2n) is 6.96. The molecule has 8 heteroatoms. The Balaban J connectivity index is 1.32. The Morgan fingerprint density at radius 2 is 1.81 bits per heavy atom. The van der Waals surface area contributed by atoms with E-state index in [2.05, 4.69) is 10.4 Å². The van der Waals surface area contributed by atoms with E-state index in [-0.39, 0.29) is 24.0 Å². The van der Waals surface area contributed by atoms with E-state index in [0.717, 1.165) is 5.56 Å². The standard InChI is InChI=1S/C23H21FN4O3/c24-18-11-9-17(10-12-18)16-31-20-7-2-1-6-19(20)22(29)25-13-5-15-28-23(30)27-14-4-3-8-21(27)26-28/h1-4,6-12,14H,5,13,15-16H2,(H,25,29). The van der Waals surface area contributed by atoms with Crippen molar-refractivity contribution in [2.24, 2.45) is 0 Å². The average molecular weight is 420 g/mol. The van der Waals surface area contributed by atoms with Crippen LogP contribution in [0.25, 0.3) is 5.65 Å². The number of hydrogen-bond acceptors (Lipinski definition) is 4. The third-order valence-electron chi connectivity index (χ3n) is 4.76. The minimum absolute atomic E-state index is 0.207. The summed E-state index contributed by atoms with van der Waals surface area (Å²) in [7, 11) is 0. The summed E-state index contributed by atoms with van der Waals surface area (Å²) < 4.78 is 21.7. The highest BCUT2D eigenvalue weighted by molar-refractivity contribution is 5.96. The summed E-state index contributed by atoms with van der Waals surface area (Å²) in [5.74, 6) is -0.132. The Morgan fingerprint density at radius 1 is 1.03 bits per heavy atom. The molecule has 0 aliphatic carbocycles. The van der Waals surface area contributed by atoms with E-state index >= 15 is 0 Å². The first-order valence-electron chi connectivity index (χ1n) is 9.90. The van der Waals surface area contributed by atoms with E-state index < -0.39 is 0 Å². The van der Waals surface area contributed by atoms with Gasteiger partial charge in [-0.1, -0.05) is 30.3 Å². The van der Waals surface area contributed by atoms with Gasteiger partial charge in [0, 0.05) is 19.3 Å². The summed E-state index contributed by atoms with van der Waals surface area (Å²) >= 11 is 0. The van der Waals surface area contributed by atoms with Crippen LogP contribution >= 0.6 is 0 Å². The molecule has 4 aromatic rings. The SMILES string of the molecule is O=C(NCCCn1nc2ccccn2c1=O)c1ccccc1OCc1ccc(F)cc1. The number of para-hydroxylation sites is 1. The molecule has 0 unspecified atom stereocenters. The van der Waals surface area contributed by atoms with Gasteiger partial charge in [-0.2, -0.15) is 0 Å². The quantitative estimate of drug-likeness (QED) is 0.445. The minimum Gasteiger partial charge on any atom is -0.488 e. The molecule has 2 heterocycles. The predicted octanol–water partition coefficient (Wildman–Crippen LogP) is 3.03. The molecular weight excluding hydrogens is 399 g/mol. The Morgan fingerprint density at radius 3 is 2.61 bits per heavy atom. The molecule has 31 heavy (non-hydrogen) atoms. The summed E-state index contributed by atoms with van der Waals surface area (Å²) in [4.78, 5) is 24.9. The monoisotopic (exact) mass is 420 g/mol. The molecule has 0 spiro atoms. The highest BCUT2D eigenvalue weighted by Crippen LogP contribution is 2.19. The Labute approximate surface area is 177 Å². The number of hydrogen-bond donors (Lipinski definition) is 1. The third kappa shape index (κ3) is 4.80. The average Bonchev–Trinajstić information content (AvgIpc) is 3.12. The zero-order valence-electron chi connectivity index (χ0n) is 16.7.